The quantitative estimate of drug-likeness (QED) is 0.814. The first-order valence-electron chi connectivity index (χ1n) is 8.30. The Kier molecular flexibility index (Phi) is 5.70. The second-order valence-corrected chi connectivity index (χ2v) is 7.86. The molecule has 0 bridgehead atoms. The van der Waals surface area contributed by atoms with Crippen molar-refractivity contribution in [3.8, 4) is 0 Å². The summed E-state index contributed by atoms with van der Waals surface area (Å²) in [6, 6.07) is 7.61. The van der Waals surface area contributed by atoms with E-state index in [1.807, 2.05) is 0 Å². The third kappa shape index (κ3) is 4.29. The van der Waals surface area contributed by atoms with Gasteiger partial charge in [0.1, 0.15) is 6.26 Å². The molecule has 26 heavy (non-hydrogen) atoms. The number of methoxy groups -OCH3 is 1. The average molecular weight is 379 g/mol. The third-order valence-corrected chi connectivity index (χ3v) is 5.72. The van der Waals surface area contributed by atoms with Crippen LogP contribution in [-0.2, 0) is 21.3 Å². The number of amides is 1. The van der Waals surface area contributed by atoms with E-state index in [1.165, 1.54) is 18.4 Å². The largest absolute Gasteiger partial charge is 0.380 e. The molecule has 0 radical (unpaired) electrons. The Labute approximate surface area is 152 Å². The highest BCUT2D eigenvalue weighted by Crippen LogP contribution is 2.18. The van der Waals surface area contributed by atoms with Gasteiger partial charge in [-0.15, -0.1) is 0 Å². The Morgan fingerprint density at radius 1 is 1.42 bits per heavy atom. The Hall–Kier alpha value is -2.23. The average Bonchev–Trinajstić information content (AvgIpc) is 3.20. The van der Waals surface area contributed by atoms with Crippen molar-refractivity contribution >= 4 is 15.9 Å². The van der Waals surface area contributed by atoms with Gasteiger partial charge in [-0.3, -0.25) is 4.79 Å². The van der Waals surface area contributed by atoms with Crippen LogP contribution in [0.3, 0.4) is 0 Å². The van der Waals surface area contributed by atoms with Crippen LogP contribution in [0.4, 0.5) is 0 Å². The summed E-state index contributed by atoms with van der Waals surface area (Å²) in [5.41, 5.74) is 0.811. The van der Waals surface area contributed by atoms with Gasteiger partial charge in [-0.2, -0.15) is 0 Å². The van der Waals surface area contributed by atoms with Crippen LogP contribution in [-0.4, -0.2) is 50.7 Å². The molecule has 0 saturated carbocycles. The van der Waals surface area contributed by atoms with E-state index in [2.05, 4.69) is 14.4 Å². The standard InChI is InChI=1S/C17H21N3O5S/c1-24-15-5-3-8-20(12-15)17(21)13-4-2-6-16(10-13)26(22,23)18-11-14-7-9-25-19-14/h2,4,6-7,9-10,15,18H,3,5,8,11-12H2,1H3/t15-/m0/s1. The predicted octanol–water partition coefficient (Wildman–Crippen LogP) is 1.40. The first-order valence-corrected chi connectivity index (χ1v) is 9.79. The molecule has 8 nitrogen and oxygen atoms in total. The number of likely N-dealkylation sites (tertiary alicyclic amines) is 1. The topological polar surface area (TPSA) is 102 Å². The van der Waals surface area contributed by atoms with Gasteiger partial charge in [0.15, 0.2) is 0 Å². The van der Waals surface area contributed by atoms with E-state index in [9.17, 15) is 13.2 Å². The highest BCUT2D eigenvalue weighted by Gasteiger charge is 2.25. The fraction of sp³-hybridized carbons (Fsp3) is 0.412. The van der Waals surface area contributed by atoms with Gasteiger partial charge < -0.3 is 14.2 Å². The van der Waals surface area contributed by atoms with Crippen molar-refractivity contribution in [1.82, 2.24) is 14.8 Å². The maximum atomic E-state index is 12.7. The number of piperidine rings is 1. The molecule has 2 aromatic rings. The predicted molar refractivity (Wildman–Crippen MR) is 92.9 cm³/mol. The number of carbonyl (C=O) groups is 1. The van der Waals surface area contributed by atoms with Crippen molar-refractivity contribution in [2.45, 2.75) is 30.4 Å². The lowest BCUT2D eigenvalue weighted by molar-refractivity contribution is 0.0269. The number of benzene rings is 1. The summed E-state index contributed by atoms with van der Waals surface area (Å²) in [5, 5.41) is 3.66. The fourth-order valence-electron chi connectivity index (χ4n) is 2.87. The minimum Gasteiger partial charge on any atom is -0.380 e. The van der Waals surface area contributed by atoms with Crippen LogP contribution in [0.2, 0.25) is 0 Å². The molecule has 1 aromatic carbocycles. The summed E-state index contributed by atoms with van der Waals surface area (Å²) < 4.78 is 37.4. The van der Waals surface area contributed by atoms with E-state index >= 15 is 0 Å². The molecule has 0 unspecified atom stereocenters. The van der Waals surface area contributed by atoms with E-state index in [4.69, 9.17) is 4.74 Å². The summed E-state index contributed by atoms with van der Waals surface area (Å²) >= 11 is 0. The zero-order valence-electron chi connectivity index (χ0n) is 14.4. The molecule has 1 amide bonds. The van der Waals surface area contributed by atoms with Gasteiger partial charge in [0.25, 0.3) is 5.91 Å². The van der Waals surface area contributed by atoms with Crippen LogP contribution in [0, 0.1) is 0 Å². The van der Waals surface area contributed by atoms with E-state index in [0.717, 1.165) is 12.8 Å². The molecule has 1 aliphatic heterocycles. The Bertz CT molecular complexity index is 851. The molecule has 1 N–H and O–H groups in total. The van der Waals surface area contributed by atoms with Gasteiger partial charge in [-0.25, -0.2) is 13.1 Å². The molecule has 0 spiro atoms. The van der Waals surface area contributed by atoms with Gasteiger partial charge in [0, 0.05) is 31.8 Å². The fourth-order valence-corrected chi connectivity index (χ4v) is 3.92. The molecule has 0 aliphatic carbocycles. The van der Waals surface area contributed by atoms with Crippen molar-refractivity contribution < 1.29 is 22.5 Å². The summed E-state index contributed by atoms with van der Waals surface area (Å²) in [6.07, 6.45) is 3.17. The maximum Gasteiger partial charge on any atom is 0.253 e. The molecule has 1 atom stereocenters. The van der Waals surface area contributed by atoms with Gasteiger partial charge in [-0.05, 0) is 31.0 Å². The van der Waals surface area contributed by atoms with Crippen LogP contribution >= 0.6 is 0 Å². The molecule has 1 fully saturated rings. The second-order valence-electron chi connectivity index (χ2n) is 6.09. The molecule has 2 heterocycles. The van der Waals surface area contributed by atoms with Crippen molar-refractivity contribution in [3.05, 3.63) is 47.9 Å². The van der Waals surface area contributed by atoms with Crippen molar-refractivity contribution in [2.75, 3.05) is 20.2 Å². The Morgan fingerprint density at radius 3 is 3.00 bits per heavy atom. The lowest BCUT2D eigenvalue weighted by Gasteiger charge is -2.32. The zero-order valence-corrected chi connectivity index (χ0v) is 15.2. The molecule has 1 aliphatic rings. The van der Waals surface area contributed by atoms with Crippen LogP contribution < -0.4 is 4.72 Å². The highest BCUT2D eigenvalue weighted by molar-refractivity contribution is 7.89. The van der Waals surface area contributed by atoms with E-state index < -0.39 is 10.0 Å². The molecule has 9 heteroatoms. The molecule has 140 valence electrons. The number of sulfonamides is 1. The number of hydrogen-bond acceptors (Lipinski definition) is 6. The SMILES string of the molecule is CO[C@H]1CCCN(C(=O)c2cccc(S(=O)(=O)NCc3ccon3)c2)C1. The first-order chi connectivity index (χ1) is 12.5. The van der Waals surface area contributed by atoms with Crippen LogP contribution in [0.5, 0.6) is 0 Å². The van der Waals surface area contributed by atoms with E-state index in [0.29, 0.717) is 24.3 Å². The molecule has 3 rings (SSSR count). The third-order valence-electron chi connectivity index (χ3n) is 4.32. The maximum absolute atomic E-state index is 12.7. The first kappa shape index (κ1) is 18.6. The highest BCUT2D eigenvalue weighted by atomic mass is 32.2. The number of carbonyl (C=O) groups excluding carboxylic acids is 1. The number of rotatable bonds is 6. The monoisotopic (exact) mass is 379 g/mol. The summed E-state index contributed by atoms with van der Waals surface area (Å²) in [5.74, 6) is -0.194. The molecule has 1 aromatic heterocycles. The van der Waals surface area contributed by atoms with E-state index in [-0.39, 0.29) is 23.5 Å². The van der Waals surface area contributed by atoms with Gasteiger partial charge in [0.05, 0.1) is 23.2 Å². The van der Waals surface area contributed by atoms with E-state index in [1.54, 1.807) is 30.2 Å². The number of nitrogens with zero attached hydrogens (tertiary/aromatic N) is 2. The van der Waals surface area contributed by atoms with Crippen molar-refractivity contribution in [2.24, 2.45) is 0 Å². The Balaban J connectivity index is 1.73. The molecule has 1 saturated heterocycles. The number of hydrogen-bond donors (Lipinski definition) is 1. The summed E-state index contributed by atoms with van der Waals surface area (Å²) in [4.78, 5) is 14.5. The van der Waals surface area contributed by atoms with Gasteiger partial charge in [-0.1, -0.05) is 11.2 Å². The van der Waals surface area contributed by atoms with Crippen LogP contribution in [0.25, 0.3) is 0 Å². The smallest absolute Gasteiger partial charge is 0.253 e. The second kappa shape index (κ2) is 7.98. The van der Waals surface area contributed by atoms with Gasteiger partial charge in [0.2, 0.25) is 10.0 Å². The molecular weight excluding hydrogens is 358 g/mol. The van der Waals surface area contributed by atoms with Gasteiger partial charge >= 0.3 is 0 Å². The lowest BCUT2D eigenvalue weighted by atomic mass is 10.1. The van der Waals surface area contributed by atoms with Crippen molar-refractivity contribution in [3.63, 3.8) is 0 Å². The normalized spacial score (nSPS) is 18.0. The molecular formula is C17H21N3O5S. The summed E-state index contributed by atoms with van der Waals surface area (Å²) in [6.45, 7) is 1.16. The number of ether oxygens (including phenoxy) is 1. The van der Waals surface area contributed by atoms with Crippen molar-refractivity contribution in [1.29, 1.82) is 0 Å². The summed E-state index contributed by atoms with van der Waals surface area (Å²) in [7, 11) is -2.13. The minimum atomic E-state index is -3.77. The number of aromatic nitrogens is 1. The zero-order chi connectivity index (χ0) is 18.6. The minimum absolute atomic E-state index is 0.0126. The Morgan fingerprint density at radius 2 is 2.27 bits per heavy atom. The lowest BCUT2D eigenvalue weighted by Crippen LogP contribution is -2.42. The van der Waals surface area contributed by atoms with Crippen LogP contribution in [0.1, 0.15) is 28.9 Å². The number of nitrogens with one attached hydrogen (secondary N) is 1. The van der Waals surface area contributed by atoms with Crippen LogP contribution in [0.15, 0.2) is 46.0 Å².